The van der Waals surface area contributed by atoms with E-state index in [9.17, 15) is 4.79 Å². The highest BCUT2D eigenvalue weighted by molar-refractivity contribution is 5.98. The van der Waals surface area contributed by atoms with Crippen LogP contribution in [0.3, 0.4) is 0 Å². The van der Waals surface area contributed by atoms with E-state index in [0.717, 1.165) is 37.1 Å². The predicted octanol–water partition coefficient (Wildman–Crippen LogP) is 3.24. The van der Waals surface area contributed by atoms with Gasteiger partial charge in [-0.1, -0.05) is 0 Å². The van der Waals surface area contributed by atoms with Gasteiger partial charge in [0.25, 0.3) is 5.91 Å². The van der Waals surface area contributed by atoms with Crippen LogP contribution in [0.15, 0.2) is 18.2 Å². The summed E-state index contributed by atoms with van der Waals surface area (Å²) in [5.41, 5.74) is 2.20. The van der Waals surface area contributed by atoms with Gasteiger partial charge in [0, 0.05) is 17.4 Å². The van der Waals surface area contributed by atoms with E-state index in [4.69, 9.17) is 18.9 Å². The molecule has 1 heterocycles. The third-order valence-corrected chi connectivity index (χ3v) is 5.19. The van der Waals surface area contributed by atoms with Gasteiger partial charge >= 0.3 is 6.01 Å². The van der Waals surface area contributed by atoms with Crippen LogP contribution in [0, 0.1) is 13.8 Å². The van der Waals surface area contributed by atoms with E-state index in [1.54, 1.807) is 19.2 Å². The van der Waals surface area contributed by atoms with Crippen molar-refractivity contribution >= 4 is 5.91 Å². The molecule has 1 aliphatic rings. The Balaban J connectivity index is 1.60. The Morgan fingerprint density at radius 2 is 1.57 bits per heavy atom. The highest BCUT2D eigenvalue weighted by Gasteiger charge is 2.27. The molecule has 0 unspecified atom stereocenters. The van der Waals surface area contributed by atoms with E-state index in [-0.39, 0.29) is 18.1 Å². The largest absolute Gasteiger partial charge is 0.493 e. The van der Waals surface area contributed by atoms with Gasteiger partial charge in [-0.3, -0.25) is 4.79 Å². The Morgan fingerprint density at radius 3 is 2.13 bits per heavy atom. The molecule has 1 aromatic carbocycles. The van der Waals surface area contributed by atoms with Crippen molar-refractivity contribution in [1.29, 1.82) is 0 Å². The number of hydrogen-bond donors (Lipinski definition) is 1. The number of methoxy groups -OCH3 is 3. The number of carbonyl (C=O) groups excluding carboxylic acids is 1. The number of amides is 1. The monoisotopic (exact) mass is 415 g/mol. The third-order valence-electron chi connectivity index (χ3n) is 5.19. The summed E-state index contributed by atoms with van der Waals surface area (Å²) in [7, 11) is 4.56. The predicted molar refractivity (Wildman–Crippen MR) is 112 cm³/mol. The number of ether oxygens (including phenoxy) is 4. The fourth-order valence-corrected chi connectivity index (χ4v) is 3.76. The lowest BCUT2D eigenvalue weighted by molar-refractivity contribution is 0.0881. The van der Waals surface area contributed by atoms with E-state index in [2.05, 4.69) is 15.3 Å². The normalized spacial score (nSPS) is 18.4. The molecule has 1 fully saturated rings. The van der Waals surface area contributed by atoms with Crippen molar-refractivity contribution in [3.8, 4) is 23.3 Å². The zero-order valence-corrected chi connectivity index (χ0v) is 18.2. The summed E-state index contributed by atoms with van der Waals surface area (Å²) in [6, 6.07) is 5.79. The maximum atomic E-state index is 12.9. The summed E-state index contributed by atoms with van der Waals surface area (Å²) in [5, 5.41) is 3.10. The number of benzene rings is 1. The Bertz CT molecular complexity index is 874. The molecule has 0 saturated heterocycles. The van der Waals surface area contributed by atoms with Crippen molar-refractivity contribution in [1.82, 2.24) is 15.3 Å². The van der Waals surface area contributed by atoms with E-state index >= 15 is 0 Å². The molecule has 8 heteroatoms. The number of hydrogen-bond acceptors (Lipinski definition) is 7. The second kappa shape index (κ2) is 9.65. The smallest absolute Gasteiger partial charge is 0.317 e. The van der Waals surface area contributed by atoms with Crippen LogP contribution in [0.4, 0.5) is 0 Å². The first-order chi connectivity index (χ1) is 14.4. The van der Waals surface area contributed by atoms with Crippen LogP contribution >= 0.6 is 0 Å². The maximum Gasteiger partial charge on any atom is 0.317 e. The summed E-state index contributed by atoms with van der Waals surface area (Å²) in [6.07, 6.45) is 3.33. The van der Waals surface area contributed by atoms with Crippen LogP contribution in [0.25, 0.3) is 0 Å². The minimum Gasteiger partial charge on any atom is -0.493 e. The first-order valence-electron chi connectivity index (χ1n) is 10.0. The first-order valence-corrected chi connectivity index (χ1v) is 10.0. The van der Waals surface area contributed by atoms with E-state index in [1.807, 2.05) is 19.9 Å². The van der Waals surface area contributed by atoms with Crippen LogP contribution < -0.4 is 24.3 Å². The highest BCUT2D eigenvalue weighted by atomic mass is 16.5. The molecule has 1 amide bonds. The number of nitrogens with one attached hydrogen (secondary N) is 1. The van der Waals surface area contributed by atoms with Gasteiger partial charge in [0.2, 0.25) is 5.75 Å². The van der Waals surface area contributed by atoms with Gasteiger partial charge in [-0.15, -0.1) is 0 Å². The Hall–Kier alpha value is -3.03. The molecule has 0 atom stereocenters. The Morgan fingerprint density at radius 1 is 0.933 bits per heavy atom. The summed E-state index contributed by atoms with van der Waals surface area (Å²) in [4.78, 5) is 21.6. The quantitative estimate of drug-likeness (QED) is 0.742. The average Bonchev–Trinajstić information content (AvgIpc) is 2.73. The number of aryl methyl sites for hydroxylation is 2. The van der Waals surface area contributed by atoms with Gasteiger partial charge < -0.3 is 24.3 Å². The van der Waals surface area contributed by atoms with Gasteiger partial charge in [-0.05, 0) is 57.7 Å². The standard InChI is InChI=1S/C22H29N3O5/c1-13-12-14(2)24-22(23-13)30-16-8-6-15(7-9-16)25-21(26)17-10-11-18(27-3)20(29-5)19(17)28-4/h10-12,15-16H,6-9H2,1-5H3,(H,25,26). The number of carbonyl (C=O) groups is 1. The van der Waals surface area contributed by atoms with Crippen molar-refractivity contribution < 1.29 is 23.7 Å². The number of aromatic nitrogens is 2. The zero-order chi connectivity index (χ0) is 21.7. The van der Waals surface area contributed by atoms with Crippen LogP contribution in [-0.4, -0.2) is 49.4 Å². The molecule has 0 spiro atoms. The Kier molecular flexibility index (Phi) is 6.97. The molecule has 1 saturated carbocycles. The second-order valence-corrected chi connectivity index (χ2v) is 7.38. The summed E-state index contributed by atoms with van der Waals surface area (Å²) < 4.78 is 22.0. The van der Waals surface area contributed by atoms with E-state index < -0.39 is 0 Å². The SMILES string of the molecule is COc1ccc(C(=O)NC2CCC(Oc3nc(C)cc(C)n3)CC2)c(OC)c1OC. The van der Waals surface area contributed by atoms with E-state index in [1.165, 1.54) is 14.2 Å². The topological polar surface area (TPSA) is 91.8 Å². The summed E-state index contributed by atoms with van der Waals surface area (Å²) in [6.45, 7) is 3.85. The van der Waals surface area contributed by atoms with Crippen molar-refractivity contribution in [3.63, 3.8) is 0 Å². The van der Waals surface area contributed by atoms with Crippen LogP contribution in [0.1, 0.15) is 47.4 Å². The molecule has 1 aromatic heterocycles. The minimum absolute atomic E-state index is 0.0509. The lowest BCUT2D eigenvalue weighted by Crippen LogP contribution is -2.40. The third kappa shape index (κ3) is 4.93. The second-order valence-electron chi connectivity index (χ2n) is 7.38. The first kappa shape index (κ1) is 21.7. The molecule has 0 bridgehead atoms. The lowest BCUT2D eigenvalue weighted by Gasteiger charge is -2.29. The molecule has 8 nitrogen and oxygen atoms in total. The fourth-order valence-electron chi connectivity index (χ4n) is 3.76. The van der Waals surface area contributed by atoms with Gasteiger partial charge in [0.15, 0.2) is 11.5 Å². The Labute approximate surface area is 176 Å². The molecule has 162 valence electrons. The number of rotatable bonds is 7. The molecule has 1 N–H and O–H groups in total. The van der Waals surface area contributed by atoms with Crippen LogP contribution in [0.2, 0.25) is 0 Å². The van der Waals surface area contributed by atoms with Gasteiger partial charge in [-0.25, -0.2) is 9.97 Å². The van der Waals surface area contributed by atoms with Crippen molar-refractivity contribution in [2.45, 2.75) is 51.7 Å². The highest BCUT2D eigenvalue weighted by Crippen LogP contribution is 2.39. The fraction of sp³-hybridized carbons (Fsp3) is 0.500. The minimum atomic E-state index is -0.199. The van der Waals surface area contributed by atoms with Gasteiger partial charge in [-0.2, -0.15) is 0 Å². The molecular formula is C22H29N3O5. The van der Waals surface area contributed by atoms with Crippen molar-refractivity contribution in [2.75, 3.05) is 21.3 Å². The van der Waals surface area contributed by atoms with Gasteiger partial charge in [0.1, 0.15) is 6.10 Å². The average molecular weight is 415 g/mol. The molecule has 0 aliphatic heterocycles. The lowest BCUT2D eigenvalue weighted by atomic mass is 9.92. The van der Waals surface area contributed by atoms with Gasteiger partial charge in [0.05, 0.1) is 26.9 Å². The molecule has 2 aromatic rings. The van der Waals surface area contributed by atoms with Crippen LogP contribution in [-0.2, 0) is 0 Å². The molecular weight excluding hydrogens is 386 g/mol. The number of nitrogens with zero attached hydrogens (tertiary/aromatic N) is 2. The van der Waals surface area contributed by atoms with Crippen LogP contribution in [0.5, 0.6) is 23.3 Å². The maximum absolute atomic E-state index is 12.9. The molecule has 0 radical (unpaired) electrons. The molecule has 3 rings (SSSR count). The zero-order valence-electron chi connectivity index (χ0n) is 18.2. The van der Waals surface area contributed by atoms with E-state index in [0.29, 0.717) is 28.8 Å². The summed E-state index contributed by atoms with van der Waals surface area (Å²) in [5.74, 6) is 1.07. The van der Waals surface area contributed by atoms with Crippen molar-refractivity contribution in [3.05, 3.63) is 35.2 Å². The van der Waals surface area contributed by atoms with Crippen molar-refractivity contribution in [2.24, 2.45) is 0 Å². The molecule has 1 aliphatic carbocycles. The summed E-state index contributed by atoms with van der Waals surface area (Å²) >= 11 is 0. The molecule has 30 heavy (non-hydrogen) atoms.